The van der Waals surface area contributed by atoms with Gasteiger partial charge in [-0.15, -0.1) is 0 Å². The summed E-state index contributed by atoms with van der Waals surface area (Å²) in [5.41, 5.74) is 1.63. The third kappa shape index (κ3) is 9.14. The van der Waals surface area contributed by atoms with E-state index in [0.717, 1.165) is 29.3 Å². The maximum absolute atomic E-state index is 14.1. The molecule has 2 saturated heterocycles. The summed E-state index contributed by atoms with van der Waals surface area (Å²) in [5, 5.41) is 6.88. The van der Waals surface area contributed by atoms with Crippen molar-refractivity contribution in [3.8, 4) is 0 Å². The van der Waals surface area contributed by atoms with Crippen LogP contribution in [-0.4, -0.2) is 77.0 Å². The summed E-state index contributed by atoms with van der Waals surface area (Å²) in [7, 11) is 1.56. The minimum absolute atomic E-state index is 0.0129. The molecule has 1 aromatic heterocycles. The molecular weight excluding hydrogens is 600 g/mol. The highest BCUT2D eigenvalue weighted by Crippen LogP contribution is 2.27. The summed E-state index contributed by atoms with van der Waals surface area (Å²) in [4.78, 5) is 75.2. The molecule has 4 rings (SSSR count). The number of amides is 3. The Labute approximate surface area is 278 Å². The lowest BCUT2D eigenvalue weighted by molar-refractivity contribution is -0.147. The van der Waals surface area contributed by atoms with Gasteiger partial charge < -0.3 is 25.1 Å². The van der Waals surface area contributed by atoms with Crippen molar-refractivity contribution in [3.05, 3.63) is 36.0 Å². The van der Waals surface area contributed by atoms with E-state index in [9.17, 15) is 24.0 Å². The van der Waals surface area contributed by atoms with Crippen molar-refractivity contribution in [2.75, 3.05) is 13.7 Å². The Morgan fingerprint density at radius 1 is 1.00 bits per heavy atom. The van der Waals surface area contributed by atoms with E-state index in [1.165, 1.54) is 0 Å². The highest BCUT2D eigenvalue weighted by Gasteiger charge is 2.41. The predicted molar refractivity (Wildman–Crippen MR) is 178 cm³/mol. The molecule has 0 bridgehead atoms. The van der Waals surface area contributed by atoms with Crippen molar-refractivity contribution in [2.45, 2.75) is 123 Å². The molecule has 0 radical (unpaired) electrons. The molecule has 2 aliphatic heterocycles. The van der Waals surface area contributed by atoms with Crippen LogP contribution in [-0.2, 0) is 35.1 Å². The Balaban J connectivity index is 1.63. The number of nitrogens with one attached hydrogen (secondary N) is 2. The zero-order valence-electron chi connectivity index (χ0n) is 28.6. The van der Waals surface area contributed by atoms with Gasteiger partial charge in [-0.2, -0.15) is 4.73 Å². The lowest BCUT2D eigenvalue weighted by Gasteiger charge is -2.39. The molecule has 0 spiro atoms. The zero-order valence-corrected chi connectivity index (χ0v) is 28.6. The van der Waals surface area contributed by atoms with Gasteiger partial charge in [0.1, 0.15) is 19.2 Å². The number of ether oxygens (including phenoxy) is 1. The number of fused-ring (bicyclic) bond motifs is 2. The van der Waals surface area contributed by atoms with E-state index in [1.807, 2.05) is 52.0 Å². The second kappa shape index (κ2) is 16.8. The molecule has 2 aliphatic rings. The van der Waals surface area contributed by atoms with Gasteiger partial charge in [-0.1, -0.05) is 51.3 Å². The van der Waals surface area contributed by atoms with Crippen LogP contribution >= 0.6 is 0 Å². The van der Waals surface area contributed by atoms with E-state index in [-0.39, 0.29) is 48.4 Å². The number of benzene rings is 1. The third-order valence-corrected chi connectivity index (χ3v) is 9.57. The SMILES string of the molecule is CCC(C)[C@@H]1NC(=O)[C@H](Cc2cn(OC)c3ccccc23)NC(=O)[C@H](CCCCCC(=O)OC(C)C)CC(=O)[C@H]2CCCCN2C1=O. The van der Waals surface area contributed by atoms with Crippen LogP contribution in [0.2, 0.25) is 0 Å². The fourth-order valence-electron chi connectivity index (χ4n) is 6.76. The smallest absolute Gasteiger partial charge is 0.306 e. The normalized spacial score (nSPS) is 23.4. The number of nitrogens with zero attached hydrogens (tertiary/aromatic N) is 2. The Hall–Kier alpha value is -3.89. The number of aromatic nitrogens is 1. The summed E-state index contributed by atoms with van der Waals surface area (Å²) in [6, 6.07) is 5.24. The number of rotatable bonds is 12. The van der Waals surface area contributed by atoms with Crippen LogP contribution in [0.3, 0.4) is 0 Å². The lowest BCUT2D eigenvalue weighted by Crippen LogP contribution is -2.61. The van der Waals surface area contributed by atoms with Crippen molar-refractivity contribution < 1.29 is 33.5 Å². The first-order valence-corrected chi connectivity index (χ1v) is 17.3. The summed E-state index contributed by atoms with van der Waals surface area (Å²) in [6.45, 7) is 7.96. The molecule has 11 nitrogen and oxygen atoms in total. The second-order valence-corrected chi connectivity index (χ2v) is 13.4. The first-order valence-electron chi connectivity index (χ1n) is 17.3. The second-order valence-electron chi connectivity index (χ2n) is 13.4. The predicted octanol–water partition coefficient (Wildman–Crippen LogP) is 4.13. The van der Waals surface area contributed by atoms with Crippen LogP contribution in [0.5, 0.6) is 0 Å². The molecule has 0 saturated carbocycles. The summed E-state index contributed by atoms with van der Waals surface area (Å²) >= 11 is 0. The van der Waals surface area contributed by atoms with Crippen LogP contribution in [0.25, 0.3) is 10.9 Å². The van der Waals surface area contributed by atoms with Gasteiger partial charge in [-0.3, -0.25) is 24.0 Å². The largest absolute Gasteiger partial charge is 0.463 e. The van der Waals surface area contributed by atoms with Crippen LogP contribution in [0.15, 0.2) is 30.5 Å². The van der Waals surface area contributed by atoms with Crippen LogP contribution in [0.4, 0.5) is 0 Å². The van der Waals surface area contributed by atoms with Crippen LogP contribution in [0.1, 0.15) is 97.5 Å². The number of ketones is 1. The van der Waals surface area contributed by atoms with Crippen molar-refractivity contribution >= 4 is 40.4 Å². The van der Waals surface area contributed by atoms with E-state index in [0.29, 0.717) is 51.5 Å². The maximum atomic E-state index is 14.1. The van der Waals surface area contributed by atoms with Gasteiger partial charge in [0, 0.05) is 43.3 Å². The first-order chi connectivity index (χ1) is 22.5. The van der Waals surface area contributed by atoms with E-state index in [4.69, 9.17) is 9.57 Å². The Kier molecular flexibility index (Phi) is 12.8. The average Bonchev–Trinajstić information content (AvgIpc) is 3.41. The minimum Gasteiger partial charge on any atom is -0.463 e. The van der Waals surface area contributed by atoms with Crippen molar-refractivity contribution in [1.82, 2.24) is 20.3 Å². The zero-order chi connectivity index (χ0) is 34.1. The molecule has 1 aromatic carbocycles. The Bertz CT molecular complexity index is 1420. The molecule has 2 N–H and O–H groups in total. The Morgan fingerprint density at radius 3 is 2.49 bits per heavy atom. The van der Waals surface area contributed by atoms with E-state index in [1.54, 1.807) is 22.9 Å². The molecule has 2 aromatic rings. The van der Waals surface area contributed by atoms with Crippen molar-refractivity contribution in [3.63, 3.8) is 0 Å². The molecule has 47 heavy (non-hydrogen) atoms. The van der Waals surface area contributed by atoms with Gasteiger partial charge >= 0.3 is 5.97 Å². The van der Waals surface area contributed by atoms with Crippen LogP contribution < -0.4 is 15.5 Å². The first kappa shape index (κ1) is 36.0. The number of esters is 1. The summed E-state index contributed by atoms with van der Waals surface area (Å²) in [6.07, 6.45) is 7.24. The fourth-order valence-corrected chi connectivity index (χ4v) is 6.76. The number of piperidine rings is 1. The van der Waals surface area contributed by atoms with Gasteiger partial charge in [0.25, 0.3) is 0 Å². The average molecular weight is 653 g/mol. The summed E-state index contributed by atoms with van der Waals surface area (Å²) < 4.78 is 6.85. The number of hydrogen-bond acceptors (Lipinski definition) is 7. The van der Waals surface area contributed by atoms with Gasteiger partial charge in [0.2, 0.25) is 17.7 Å². The maximum Gasteiger partial charge on any atom is 0.306 e. The molecule has 3 heterocycles. The molecule has 258 valence electrons. The molecule has 0 aliphatic carbocycles. The van der Waals surface area contributed by atoms with E-state index in [2.05, 4.69) is 10.6 Å². The highest BCUT2D eigenvalue weighted by molar-refractivity contribution is 5.98. The van der Waals surface area contributed by atoms with E-state index < -0.39 is 30.0 Å². The molecule has 3 amide bonds. The minimum atomic E-state index is -0.988. The number of hydrogen-bond donors (Lipinski definition) is 2. The number of para-hydroxylation sites is 1. The van der Waals surface area contributed by atoms with Crippen molar-refractivity contribution in [2.24, 2.45) is 11.8 Å². The topological polar surface area (TPSA) is 136 Å². The quantitative estimate of drug-likeness (QED) is 0.260. The molecule has 11 heteroatoms. The fraction of sp³-hybridized carbons (Fsp3) is 0.639. The molecule has 2 fully saturated rings. The standard InChI is InChI=1S/C36H52N4O7/c1-6-24(4)33-36(45)39-19-13-12-17-30(39)31(41)21-25(14-8-7-9-18-32(42)47-23(2)3)34(43)37-28(35(44)38-33)20-26-22-40(46-5)29-16-11-10-15-27(26)29/h10-11,15-16,22-25,28,30,33H,6-9,12-14,17-21H2,1-5H3,(H,37,43)(H,38,44)/t24?,25-,28+,30-,33+/m1/s1. The van der Waals surface area contributed by atoms with Crippen LogP contribution in [0, 0.1) is 11.8 Å². The molecule has 1 unspecified atom stereocenters. The highest BCUT2D eigenvalue weighted by atomic mass is 16.6. The van der Waals surface area contributed by atoms with E-state index >= 15 is 0 Å². The molecule has 5 atom stereocenters. The third-order valence-electron chi connectivity index (χ3n) is 9.57. The summed E-state index contributed by atoms with van der Waals surface area (Å²) in [5.74, 6) is -2.25. The number of unbranched alkanes of at least 4 members (excludes halogenated alkanes) is 2. The van der Waals surface area contributed by atoms with Crippen molar-refractivity contribution in [1.29, 1.82) is 0 Å². The van der Waals surface area contributed by atoms with Gasteiger partial charge in [0.05, 0.1) is 17.7 Å². The molecular formula is C36H52N4O7. The number of carbonyl (C=O) groups is 5. The number of Topliss-reactive ketones (excluding diaryl/α,β-unsaturated/α-hetero) is 1. The monoisotopic (exact) mass is 652 g/mol. The van der Waals surface area contributed by atoms with Gasteiger partial charge in [-0.25, -0.2) is 0 Å². The van der Waals surface area contributed by atoms with Gasteiger partial charge in [-0.05, 0) is 63.5 Å². The Morgan fingerprint density at radius 2 is 1.77 bits per heavy atom. The lowest BCUT2D eigenvalue weighted by atomic mass is 9.87. The van der Waals surface area contributed by atoms with Gasteiger partial charge in [0.15, 0.2) is 5.78 Å². The number of carbonyl (C=O) groups excluding carboxylic acids is 5.